The van der Waals surface area contributed by atoms with Gasteiger partial charge in [-0.1, -0.05) is 0 Å². The third-order valence-corrected chi connectivity index (χ3v) is 2.02. The molecule has 0 aromatic carbocycles. The second-order valence-corrected chi connectivity index (χ2v) is 3.28. The van der Waals surface area contributed by atoms with E-state index in [4.69, 9.17) is 0 Å². The molecule has 0 bridgehead atoms. The molecule has 0 atom stereocenters. The Balaban J connectivity index is 3.05. The first-order chi connectivity index (χ1) is 8.75. The first-order valence-electron chi connectivity index (χ1n) is 4.78. The van der Waals surface area contributed by atoms with Crippen LogP contribution in [-0.2, 0) is 15.7 Å². The summed E-state index contributed by atoms with van der Waals surface area (Å²) in [4.78, 5) is 23.8. The smallest absolute Gasteiger partial charge is 0.418 e. The minimum absolute atomic E-state index is 0.340. The predicted molar refractivity (Wildman–Crippen MR) is 56.4 cm³/mol. The molecule has 1 aromatic heterocycles. The lowest BCUT2D eigenvalue weighted by molar-refractivity contribution is -0.384. The molecule has 0 radical (unpaired) electrons. The summed E-state index contributed by atoms with van der Waals surface area (Å²) in [6.45, 7) is -0.449. The number of carbonyl (C=O) groups excluding carboxylic acids is 1. The van der Waals surface area contributed by atoms with Gasteiger partial charge in [-0.15, -0.1) is 0 Å². The van der Waals surface area contributed by atoms with E-state index in [1.54, 1.807) is 0 Å². The Labute approximate surface area is 104 Å². The lowest BCUT2D eigenvalue weighted by Gasteiger charge is -2.08. The Hall–Kier alpha value is -2.39. The summed E-state index contributed by atoms with van der Waals surface area (Å²) in [5.41, 5.74) is -2.12. The Bertz CT molecular complexity index is 504. The number of alkyl halides is 3. The molecule has 1 heterocycles. The minimum Gasteiger partial charge on any atom is -0.468 e. The van der Waals surface area contributed by atoms with Gasteiger partial charge >= 0.3 is 17.8 Å². The molecular weight excluding hydrogens is 271 g/mol. The van der Waals surface area contributed by atoms with Crippen LogP contribution in [0.2, 0.25) is 0 Å². The summed E-state index contributed by atoms with van der Waals surface area (Å²) in [6.07, 6.45) is -4.30. The van der Waals surface area contributed by atoms with Crippen molar-refractivity contribution < 1.29 is 27.6 Å². The van der Waals surface area contributed by atoms with Crippen LogP contribution in [0.3, 0.4) is 0 Å². The van der Waals surface area contributed by atoms with E-state index in [1.807, 2.05) is 0 Å². The number of nitrogens with one attached hydrogen (secondary N) is 1. The van der Waals surface area contributed by atoms with Crippen molar-refractivity contribution in [3.8, 4) is 0 Å². The maximum absolute atomic E-state index is 12.4. The number of aromatic nitrogens is 1. The number of esters is 1. The number of halogens is 3. The summed E-state index contributed by atoms with van der Waals surface area (Å²) in [5, 5.41) is 12.9. The summed E-state index contributed by atoms with van der Waals surface area (Å²) in [5.74, 6) is -1.18. The van der Waals surface area contributed by atoms with Crippen molar-refractivity contribution >= 4 is 17.5 Å². The number of nitrogens with zero attached hydrogens (tertiary/aromatic N) is 2. The molecule has 104 valence electrons. The number of methoxy groups -OCH3 is 1. The summed E-state index contributed by atoms with van der Waals surface area (Å²) in [7, 11) is 1.10. The molecule has 0 aliphatic heterocycles. The molecule has 0 aliphatic rings. The number of ether oxygens (including phenoxy) is 1. The molecule has 0 saturated carbocycles. The first kappa shape index (κ1) is 14.7. The lowest BCUT2D eigenvalue weighted by Crippen LogP contribution is -2.17. The molecule has 7 nitrogen and oxygen atoms in total. The van der Waals surface area contributed by atoms with Gasteiger partial charge in [0, 0.05) is 12.3 Å². The van der Waals surface area contributed by atoms with Crippen molar-refractivity contribution in [2.45, 2.75) is 6.18 Å². The van der Waals surface area contributed by atoms with Gasteiger partial charge in [-0.3, -0.25) is 14.9 Å². The molecule has 10 heteroatoms. The Morgan fingerprint density at radius 3 is 2.68 bits per heavy atom. The van der Waals surface area contributed by atoms with E-state index in [9.17, 15) is 28.1 Å². The second kappa shape index (κ2) is 5.50. The van der Waals surface area contributed by atoms with Crippen LogP contribution in [0.25, 0.3) is 0 Å². The number of anilines is 1. The maximum Gasteiger partial charge on any atom is 0.418 e. The van der Waals surface area contributed by atoms with Crippen molar-refractivity contribution in [3.05, 3.63) is 27.9 Å². The molecule has 0 amide bonds. The molecule has 0 spiro atoms. The van der Waals surface area contributed by atoms with E-state index in [1.165, 1.54) is 0 Å². The van der Waals surface area contributed by atoms with Crippen molar-refractivity contribution in [2.75, 3.05) is 19.0 Å². The van der Waals surface area contributed by atoms with Crippen LogP contribution in [0.5, 0.6) is 0 Å². The van der Waals surface area contributed by atoms with Crippen molar-refractivity contribution in [3.63, 3.8) is 0 Å². The molecule has 19 heavy (non-hydrogen) atoms. The van der Waals surface area contributed by atoms with Gasteiger partial charge in [-0.05, 0) is 0 Å². The fraction of sp³-hybridized carbons (Fsp3) is 0.333. The highest BCUT2D eigenvalue weighted by Gasteiger charge is 2.33. The van der Waals surface area contributed by atoms with Gasteiger partial charge in [0.25, 0.3) is 0 Å². The number of pyridine rings is 1. The van der Waals surface area contributed by atoms with Crippen LogP contribution < -0.4 is 5.32 Å². The molecule has 0 unspecified atom stereocenters. The van der Waals surface area contributed by atoms with Gasteiger partial charge in [0.1, 0.15) is 6.54 Å². The molecule has 1 rings (SSSR count). The quantitative estimate of drug-likeness (QED) is 0.511. The van der Waals surface area contributed by atoms with E-state index in [0.717, 1.165) is 7.11 Å². The Morgan fingerprint density at radius 2 is 2.21 bits per heavy atom. The van der Waals surface area contributed by atoms with Crippen molar-refractivity contribution in [1.29, 1.82) is 0 Å². The fourth-order valence-electron chi connectivity index (χ4n) is 1.11. The standard InChI is InChI=1S/C9H8F3N3O4/c1-19-7(16)4-14-8-6(15(17)18)2-5(3-13-8)9(10,11)12/h2-3H,4H2,1H3,(H,13,14). The van der Waals surface area contributed by atoms with Gasteiger partial charge in [-0.25, -0.2) is 4.98 Å². The molecule has 1 N–H and O–H groups in total. The number of carbonyl (C=O) groups is 1. The number of rotatable bonds is 4. The summed E-state index contributed by atoms with van der Waals surface area (Å²) < 4.78 is 41.4. The highest BCUT2D eigenvalue weighted by Crippen LogP contribution is 2.33. The monoisotopic (exact) mass is 279 g/mol. The van der Waals surface area contributed by atoms with E-state index in [-0.39, 0.29) is 0 Å². The van der Waals surface area contributed by atoms with E-state index >= 15 is 0 Å². The van der Waals surface area contributed by atoms with Gasteiger partial charge in [-0.2, -0.15) is 13.2 Å². The Morgan fingerprint density at radius 1 is 1.58 bits per heavy atom. The molecule has 0 aliphatic carbocycles. The predicted octanol–water partition coefficient (Wildman–Crippen LogP) is 1.59. The number of hydrogen-bond donors (Lipinski definition) is 1. The van der Waals surface area contributed by atoms with Crippen LogP contribution in [0.1, 0.15) is 5.56 Å². The van der Waals surface area contributed by atoms with Crippen LogP contribution in [0.15, 0.2) is 12.3 Å². The zero-order valence-corrected chi connectivity index (χ0v) is 9.52. The van der Waals surface area contributed by atoms with Crippen molar-refractivity contribution in [1.82, 2.24) is 4.98 Å². The van der Waals surface area contributed by atoms with Gasteiger partial charge in [0.15, 0.2) is 0 Å². The zero-order chi connectivity index (χ0) is 14.6. The Kier molecular flexibility index (Phi) is 4.25. The highest BCUT2D eigenvalue weighted by molar-refractivity contribution is 5.75. The molecular formula is C9H8F3N3O4. The minimum atomic E-state index is -4.74. The molecule has 0 fully saturated rings. The normalized spacial score (nSPS) is 10.9. The third-order valence-electron chi connectivity index (χ3n) is 2.02. The van der Waals surface area contributed by atoms with E-state index in [0.29, 0.717) is 12.3 Å². The van der Waals surface area contributed by atoms with Gasteiger partial charge in [0.2, 0.25) is 5.82 Å². The third kappa shape index (κ3) is 3.79. The average Bonchev–Trinajstić information content (AvgIpc) is 2.34. The maximum atomic E-state index is 12.4. The zero-order valence-electron chi connectivity index (χ0n) is 9.52. The fourth-order valence-corrected chi connectivity index (χ4v) is 1.11. The van der Waals surface area contributed by atoms with E-state index < -0.39 is 40.7 Å². The topological polar surface area (TPSA) is 94.4 Å². The highest BCUT2D eigenvalue weighted by atomic mass is 19.4. The average molecular weight is 279 g/mol. The SMILES string of the molecule is COC(=O)CNc1ncc(C(F)(F)F)cc1[N+](=O)[O-]. The van der Waals surface area contributed by atoms with Gasteiger partial charge in [0.05, 0.1) is 17.6 Å². The lowest BCUT2D eigenvalue weighted by atomic mass is 10.2. The van der Waals surface area contributed by atoms with Crippen molar-refractivity contribution in [2.24, 2.45) is 0 Å². The second-order valence-electron chi connectivity index (χ2n) is 3.28. The first-order valence-corrected chi connectivity index (χ1v) is 4.78. The molecule has 0 saturated heterocycles. The molecule has 1 aromatic rings. The number of hydrogen-bond acceptors (Lipinski definition) is 6. The summed E-state index contributed by atoms with van der Waals surface area (Å²) >= 11 is 0. The number of nitro groups is 1. The van der Waals surface area contributed by atoms with Crippen LogP contribution >= 0.6 is 0 Å². The van der Waals surface area contributed by atoms with Crippen LogP contribution in [-0.4, -0.2) is 29.5 Å². The van der Waals surface area contributed by atoms with Gasteiger partial charge < -0.3 is 10.1 Å². The van der Waals surface area contributed by atoms with Crippen LogP contribution in [0.4, 0.5) is 24.7 Å². The van der Waals surface area contributed by atoms with Crippen LogP contribution in [0, 0.1) is 10.1 Å². The largest absolute Gasteiger partial charge is 0.468 e. The summed E-state index contributed by atoms with van der Waals surface area (Å²) in [6, 6.07) is 0.340. The van der Waals surface area contributed by atoms with E-state index in [2.05, 4.69) is 15.0 Å².